The molecule has 13 heteroatoms. The second-order valence-electron chi connectivity index (χ2n) is 10.3. The SMILES string of the molecule is CC1(COc2c(N3CCN(S(=O)(=O)NCc4cc(C#N)ccc4F)CC3)cnn(-c3cccc(Cl)c3)c2=O)CC1. The molecule has 0 bridgehead atoms. The van der Waals surface area contributed by atoms with Gasteiger partial charge >= 0.3 is 5.56 Å². The van der Waals surface area contributed by atoms with Crippen molar-refractivity contribution < 1.29 is 17.5 Å². The molecule has 2 aromatic carbocycles. The second kappa shape index (κ2) is 11.2. The first-order chi connectivity index (χ1) is 19.1. The number of rotatable bonds is 9. The van der Waals surface area contributed by atoms with E-state index in [0.717, 1.165) is 18.9 Å². The van der Waals surface area contributed by atoms with Crippen molar-refractivity contribution in [1.82, 2.24) is 18.8 Å². The summed E-state index contributed by atoms with van der Waals surface area (Å²) in [4.78, 5) is 15.4. The highest BCUT2D eigenvalue weighted by molar-refractivity contribution is 7.87. The molecule has 0 unspecified atom stereocenters. The van der Waals surface area contributed by atoms with Crippen LogP contribution in [0, 0.1) is 22.6 Å². The molecule has 1 N–H and O–H groups in total. The maximum Gasteiger partial charge on any atom is 0.316 e. The topological polar surface area (TPSA) is 121 Å². The molecule has 10 nitrogen and oxygen atoms in total. The highest BCUT2D eigenvalue weighted by atomic mass is 35.5. The van der Waals surface area contributed by atoms with E-state index >= 15 is 0 Å². The molecule has 1 aliphatic heterocycles. The van der Waals surface area contributed by atoms with Gasteiger partial charge in [-0.3, -0.25) is 4.79 Å². The van der Waals surface area contributed by atoms with E-state index in [1.807, 2.05) is 11.0 Å². The fraction of sp³-hybridized carbons (Fsp3) is 0.370. The quantitative estimate of drug-likeness (QED) is 0.409. The summed E-state index contributed by atoms with van der Waals surface area (Å²) >= 11 is 6.13. The molecule has 1 aliphatic carbocycles. The van der Waals surface area contributed by atoms with E-state index in [4.69, 9.17) is 21.6 Å². The van der Waals surface area contributed by atoms with Crippen LogP contribution in [-0.2, 0) is 16.8 Å². The van der Waals surface area contributed by atoms with Crippen molar-refractivity contribution in [3.63, 3.8) is 0 Å². The van der Waals surface area contributed by atoms with Crippen molar-refractivity contribution in [1.29, 1.82) is 5.26 Å². The Balaban J connectivity index is 1.32. The molecule has 5 rings (SSSR count). The number of hydrogen-bond donors (Lipinski definition) is 1. The Morgan fingerprint density at radius 3 is 2.60 bits per heavy atom. The normalized spacial score (nSPS) is 16.9. The standard InChI is InChI=1S/C27H28ClFN6O4S/c1-27(7-8-27)18-39-25-24(17-31-35(26(25)36)22-4-2-3-21(28)14-22)33-9-11-34(12-10-33)40(37,38)32-16-20-13-19(15-30)5-6-23(20)29/h2-6,13-14,17,32H,7-12,16,18H2,1H3. The zero-order chi connectivity index (χ0) is 28.5. The third kappa shape index (κ3) is 6.13. The third-order valence-corrected chi connectivity index (χ3v) is 8.96. The Kier molecular flexibility index (Phi) is 7.83. The minimum atomic E-state index is -3.93. The second-order valence-corrected chi connectivity index (χ2v) is 12.5. The van der Waals surface area contributed by atoms with Gasteiger partial charge in [0.2, 0.25) is 5.75 Å². The van der Waals surface area contributed by atoms with Gasteiger partial charge in [-0.2, -0.15) is 32.5 Å². The molecule has 2 aliphatic rings. The number of hydrogen-bond acceptors (Lipinski definition) is 7. The molecule has 0 radical (unpaired) electrons. The first kappa shape index (κ1) is 28.0. The molecule has 2 heterocycles. The van der Waals surface area contributed by atoms with Crippen LogP contribution in [0.4, 0.5) is 10.1 Å². The zero-order valence-corrected chi connectivity index (χ0v) is 23.4. The Hall–Kier alpha value is -3.50. The van der Waals surface area contributed by atoms with Gasteiger partial charge in [0.1, 0.15) is 11.5 Å². The van der Waals surface area contributed by atoms with Crippen LogP contribution >= 0.6 is 11.6 Å². The molecule has 0 spiro atoms. The van der Waals surface area contributed by atoms with Gasteiger partial charge in [0.15, 0.2) is 0 Å². The number of nitriles is 1. The molecular weight excluding hydrogens is 559 g/mol. The third-order valence-electron chi connectivity index (χ3n) is 7.18. The van der Waals surface area contributed by atoms with Crippen molar-refractivity contribution >= 4 is 27.5 Å². The van der Waals surface area contributed by atoms with Crippen molar-refractivity contribution in [2.75, 3.05) is 37.7 Å². The van der Waals surface area contributed by atoms with E-state index < -0.39 is 21.6 Å². The molecule has 0 amide bonds. The lowest BCUT2D eigenvalue weighted by Gasteiger charge is -2.35. The monoisotopic (exact) mass is 586 g/mol. The smallest absolute Gasteiger partial charge is 0.316 e. The molecule has 40 heavy (non-hydrogen) atoms. The minimum absolute atomic E-state index is 0.0263. The van der Waals surface area contributed by atoms with Crippen LogP contribution in [0.3, 0.4) is 0 Å². The van der Waals surface area contributed by atoms with Gasteiger partial charge in [-0.05, 0) is 49.2 Å². The van der Waals surface area contributed by atoms with Gasteiger partial charge in [-0.1, -0.05) is 24.6 Å². The first-order valence-corrected chi connectivity index (χ1v) is 14.6. The van der Waals surface area contributed by atoms with E-state index in [-0.39, 0.29) is 55.0 Å². The highest BCUT2D eigenvalue weighted by Gasteiger charge is 2.39. The Morgan fingerprint density at radius 1 is 1.18 bits per heavy atom. The maximum absolute atomic E-state index is 14.1. The lowest BCUT2D eigenvalue weighted by atomic mass is 10.1. The molecular formula is C27H28ClFN6O4S. The van der Waals surface area contributed by atoms with Crippen LogP contribution in [0.5, 0.6) is 5.75 Å². The minimum Gasteiger partial charge on any atom is -0.486 e. The molecule has 1 saturated carbocycles. The summed E-state index contributed by atoms with van der Waals surface area (Å²) in [5.74, 6) is -0.440. The van der Waals surface area contributed by atoms with Gasteiger partial charge in [-0.15, -0.1) is 0 Å². The van der Waals surface area contributed by atoms with Crippen molar-refractivity contribution in [2.24, 2.45) is 5.41 Å². The highest BCUT2D eigenvalue weighted by Crippen LogP contribution is 2.45. The van der Waals surface area contributed by atoms with E-state index in [9.17, 15) is 17.6 Å². The van der Waals surface area contributed by atoms with Crippen molar-refractivity contribution in [3.05, 3.63) is 81.0 Å². The average molecular weight is 587 g/mol. The van der Waals surface area contributed by atoms with Crippen molar-refractivity contribution in [3.8, 4) is 17.5 Å². The van der Waals surface area contributed by atoms with Crippen LogP contribution in [0.25, 0.3) is 5.69 Å². The Morgan fingerprint density at radius 2 is 1.93 bits per heavy atom. The van der Waals surface area contributed by atoms with Gasteiger partial charge in [0.25, 0.3) is 10.2 Å². The number of anilines is 1. The molecule has 1 aromatic heterocycles. The number of nitrogens with zero attached hydrogens (tertiary/aromatic N) is 5. The van der Waals surface area contributed by atoms with Gasteiger partial charge in [-0.25, -0.2) is 4.39 Å². The number of ether oxygens (including phenoxy) is 1. The fourth-order valence-corrected chi connectivity index (χ4v) is 5.74. The number of aromatic nitrogens is 2. The van der Waals surface area contributed by atoms with Crippen molar-refractivity contribution in [2.45, 2.75) is 26.3 Å². The van der Waals surface area contributed by atoms with E-state index in [1.165, 1.54) is 21.1 Å². The average Bonchev–Trinajstić information content (AvgIpc) is 3.69. The van der Waals surface area contributed by atoms with Crippen LogP contribution in [0.1, 0.15) is 30.9 Å². The lowest BCUT2D eigenvalue weighted by molar-refractivity contribution is 0.242. The molecule has 0 atom stereocenters. The van der Waals surface area contributed by atoms with Gasteiger partial charge < -0.3 is 9.64 Å². The van der Waals surface area contributed by atoms with Crippen LogP contribution < -0.4 is 19.9 Å². The summed E-state index contributed by atoms with van der Waals surface area (Å²) in [5.41, 5.74) is 0.918. The van der Waals surface area contributed by atoms with E-state index in [2.05, 4.69) is 16.7 Å². The predicted molar refractivity (Wildman–Crippen MR) is 148 cm³/mol. The summed E-state index contributed by atoms with van der Waals surface area (Å²) in [6.07, 6.45) is 3.59. The summed E-state index contributed by atoms with van der Waals surface area (Å²) < 4.78 is 51.0. The van der Waals surface area contributed by atoms with Crippen LogP contribution in [0.2, 0.25) is 5.02 Å². The van der Waals surface area contributed by atoms with Gasteiger partial charge in [0, 0.05) is 48.7 Å². The number of nitrogens with one attached hydrogen (secondary N) is 1. The Labute approximate surface area is 236 Å². The zero-order valence-electron chi connectivity index (χ0n) is 21.8. The summed E-state index contributed by atoms with van der Waals surface area (Å²) in [5, 5.41) is 13.9. The summed E-state index contributed by atoms with van der Waals surface area (Å²) in [6.45, 7) is 3.03. The molecule has 2 fully saturated rings. The van der Waals surface area contributed by atoms with Crippen LogP contribution in [-0.4, -0.2) is 55.3 Å². The number of piperazine rings is 1. The molecule has 1 saturated heterocycles. The molecule has 3 aromatic rings. The Bertz CT molecular complexity index is 1630. The molecule has 210 valence electrons. The van der Waals surface area contributed by atoms with Gasteiger partial charge in [0.05, 0.1) is 30.1 Å². The largest absolute Gasteiger partial charge is 0.486 e. The van der Waals surface area contributed by atoms with E-state index in [1.54, 1.807) is 30.5 Å². The van der Waals surface area contributed by atoms with Crippen LogP contribution in [0.15, 0.2) is 53.5 Å². The number of benzene rings is 2. The maximum atomic E-state index is 14.1. The fourth-order valence-electron chi connectivity index (χ4n) is 4.40. The summed E-state index contributed by atoms with van der Waals surface area (Å²) in [6, 6.07) is 12.5. The summed E-state index contributed by atoms with van der Waals surface area (Å²) in [7, 11) is -3.93. The number of halogens is 2. The van der Waals surface area contributed by atoms with E-state index in [0.29, 0.717) is 23.0 Å². The lowest BCUT2D eigenvalue weighted by Crippen LogP contribution is -2.52. The predicted octanol–water partition coefficient (Wildman–Crippen LogP) is 3.23. The first-order valence-electron chi connectivity index (χ1n) is 12.8.